The summed E-state index contributed by atoms with van der Waals surface area (Å²) in [5, 5.41) is 0. The molecule has 0 aliphatic heterocycles. The van der Waals surface area contributed by atoms with Gasteiger partial charge in [-0.3, -0.25) is 4.79 Å². The molecule has 0 saturated carbocycles. The standard InChI is InChI=1S/C13H26O2/c1-6-7-8-9-15-12(14)13(4,5)10-11(2)3/h11H,6-10H2,1-5H3. The van der Waals surface area contributed by atoms with Gasteiger partial charge in [0.2, 0.25) is 0 Å². The molecule has 2 nitrogen and oxygen atoms in total. The van der Waals surface area contributed by atoms with E-state index in [-0.39, 0.29) is 11.4 Å². The zero-order chi connectivity index (χ0) is 11.9. The zero-order valence-electron chi connectivity index (χ0n) is 10.9. The summed E-state index contributed by atoms with van der Waals surface area (Å²) in [7, 11) is 0. The van der Waals surface area contributed by atoms with E-state index in [1.165, 1.54) is 0 Å². The molecular weight excluding hydrogens is 188 g/mol. The average Bonchev–Trinajstić information content (AvgIpc) is 2.10. The van der Waals surface area contributed by atoms with E-state index in [2.05, 4.69) is 20.8 Å². The second-order valence-electron chi connectivity index (χ2n) is 5.32. The molecule has 2 heteroatoms. The van der Waals surface area contributed by atoms with E-state index in [0.29, 0.717) is 12.5 Å². The third-order valence-corrected chi connectivity index (χ3v) is 2.45. The number of carbonyl (C=O) groups excluding carboxylic acids is 1. The van der Waals surface area contributed by atoms with E-state index in [1.807, 2.05) is 13.8 Å². The van der Waals surface area contributed by atoms with Crippen LogP contribution in [-0.2, 0) is 9.53 Å². The molecule has 0 saturated heterocycles. The van der Waals surface area contributed by atoms with Crippen molar-refractivity contribution in [1.82, 2.24) is 0 Å². The van der Waals surface area contributed by atoms with Crippen LogP contribution in [0.3, 0.4) is 0 Å². The summed E-state index contributed by atoms with van der Waals surface area (Å²) in [5.41, 5.74) is -0.333. The Kier molecular flexibility index (Phi) is 6.62. The molecule has 0 spiro atoms. The number of ether oxygens (including phenoxy) is 1. The van der Waals surface area contributed by atoms with Gasteiger partial charge in [0, 0.05) is 0 Å². The minimum Gasteiger partial charge on any atom is -0.465 e. The molecule has 0 aliphatic carbocycles. The van der Waals surface area contributed by atoms with Gasteiger partial charge in [-0.05, 0) is 32.6 Å². The van der Waals surface area contributed by atoms with Crippen molar-refractivity contribution in [2.75, 3.05) is 6.61 Å². The molecule has 0 unspecified atom stereocenters. The summed E-state index contributed by atoms with van der Waals surface area (Å²) in [6.07, 6.45) is 4.17. The van der Waals surface area contributed by atoms with Crippen molar-refractivity contribution in [3.05, 3.63) is 0 Å². The Bertz CT molecular complexity index is 183. The van der Waals surface area contributed by atoms with Gasteiger partial charge in [-0.2, -0.15) is 0 Å². The highest BCUT2D eigenvalue weighted by Crippen LogP contribution is 2.26. The van der Waals surface area contributed by atoms with Gasteiger partial charge in [0.25, 0.3) is 0 Å². The van der Waals surface area contributed by atoms with Crippen LogP contribution in [0.2, 0.25) is 0 Å². The van der Waals surface area contributed by atoms with Crippen molar-refractivity contribution >= 4 is 5.97 Å². The van der Waals surface area contributed by atoms with Crippen LogP contribution in [0, 0.1) is 11.3 Å². The molecule has 0 rings (SSSR count). The Labute approximate surface area is 94.4 Å². The first-order valence-electron chi connectivity index (χ1n) is 6.07. The molecule has 90 valence electrons. The number of hydrogen-bond acceptors (Lipinski definition) is 2. The number of carbonyl (C=O) groups is 1. The molecular formula is C13H26O2. The average molecular weight is 214 g/mol. The minimum atomic E-state index is -0.333. The van der Waals surface area contributed by atoms with Crippen LogP contribution >= 0.6 is 0 Å². The van der Waals surface area contributed by atoms with E-state index >= 15 is 0 Å². The largest absolute Gasteiger partial charge is 0.465 e. The van der Waals surface area contributed by atoms with Gasteiger partial charge in [-0.25, -0.2) is 0 Å². The Hall–Kier alpha value is -0.530. The van der Waals surface area contributed by atoms with Crippen molar-refractivity contribution in [3.63, 3.8) is 0 Å². The molecule has 0 aromatic rings. The molecule has 0 aliphatic rings. The zero-order valence-corrected chi connectivity index (χ0v) is 10.9. The molecule has 0 N–H and O–H groups in total. The highest BCUT2D eigenvalue weighted by molar-refractivity contribution is 5.75. The van der Waals surface area contributed by atoms with Crippen LogP contribution in [0.4, 0.5) is 0 Å². The quantitative estimate of drug-likeness (QED) is 0.476. The van der Waals surface area contributed by atoms with Crippen LogP contribution < -0.4 is 0 Å². The summed E-state index contributed by atoms with van der Waals surface area (Å²) in [4.78, 5) is 11.7. The van der Waals surface area contributed by atoms with Crippen LogP contribution in [0.15, 0.2) is 0 Å². The van der Waals surface area contributed by atoms with E-state index in [9.17, 15) is 4.79 Å². The highest BCUT2D eigenvalue weighted by Gasteiger charge is 2.29. The predicted molar refractivity (Wildman–Crippen MR) is 63.7 cm³/mol. The van der Waals surface area contributed by atoms with Gasteiger partial charge in [-0.15, -0.1) is 0 Å². The highest BCUT2D eigenvalue weighted by atomic mass is 16.5. The SMILES string of the molecule is CCCCCOC(=O)C(C)(C)CC(C)C. The fourth-order valence-corrected chi connectivity index (χ4v) is 1.82. The molecule has 0 aromatic heterocycles. The molecule has 0 amide bonds. The maximum atomic E-state index is 11.7. The number of esters is 1. The predicted octanol–water partition coefficient (Wildman–Crippen LogP) is 3.79. The number of hydrogen-bond donors (Lipinski definition) is 0. The van der Waals surface area contributed by atoms with Crippen molar-refractivity contribution in [3.8, 4) is 0 Å². The molecule has 0 bridgehead atoms. The van der Waals surface area contributed by atoms with E-state index < -0.39 is 0 Å². The number of rotatable bonds is 7. The fourth-order valence-electron chi connectivity index (χ4n) is 1.82. The summed E-state index contributed by atoms with van der Waals surface area (Å²) < 4.78 is 5.27. The smallest absolute Gasteiger partial charge is 0.311 e. The van der Waals surface area contributed by atoms with Crippen molar-refractivity contribution in [2.45, 2.75) is 60.3 Å². The van der Waals surface area contributed by atoms with Gasteiger partial charge >= 0.3 is 5.97 Å². The molecule has 0 atom stereocenters. The Morgan fingerprint density at radius 2 is 1.87 bits per heavy atom. The lowest BCUT2D eigenvalue weighted by molar-refractivity contribution is -0.155. The van der Waals surface area contributed by atoms with Gasteiger partial charge < -0.3 is 4.74 Å². The normalized spacial score (nSPS) is 11.9. The van der Waals surface area contributed by atoms with E-state index in [1.54, 1.807) is 0 Å². The summed E-state index contributed by atoms with van der Waals surface area (Å²) in [6, 6.07) is 0. The second-order valence-corrected chi connectivity index (χ2v) is 5.32. The van der Waals surface area contributed by atoms with Crippen LogP contribution in [0.5, 0.6) is 0 Å². The van der Waals surface area contributed by atoms with Gasteiger partial charge in [0.05, 0.1) is 12.0 Å². The third-order valence-electron chi connectivity index (χ3n) is 2.45. The molecule has 15 heavy (non-hydrogen) atoms. The second kappa shape index (κ2) is 6.86. The number of unbranched alkanes of at least 4 members (excludes halogenated alkanes) is 2. The Morgan fingerprint density at radius 1 is 1.27 bits per heavy atom. The third kappa shape index (κ3) is 6.53. The first-order valence-corrected chi connectivity index (χ1v) is 6.07. The first kappa shape index (κ1) is 14.5. The molecule has 0 radical (unpaired) electrons. The monoisotopic (exact) mass is 214 g/mol. The maximum absolute atomic E-state index is 11.7. The van der Waals surface area contributed by atoms with Gasteiger partial charge in [0.15, 0.2) is 0 Å². The van der Waals surface area contributed by atoms with Crippen molar-refractivity contribution < 1.29 is 9.53 Å². The van der Waals surface area contributed by atoms with E-state index in [0.717, 1.165) is 25.7 Å². The fraction of sp³-hybridized carbons (Fsp3) is 0.923. The maximum Gasteiger partial charge on any atom is 0.311 e. The molecule has 0 aromatic carbocycles. The summed E-state index contributed by atoms with van der Waals surface area (Å²) in [6.45, 7) is 10.9. The van der Waals surface area contributed by atoms with Crippen LogP contribution in [-0.4, -0.2) is 12.6 Å². The topological polar surface area (TPSA) is 26.3 Å². The minimum absolute atomic E-state index is 0.0488. The lowest BCUT2D eigenvalue weighted by Crippen LogP contribution is -2.28. The molecule has 0 heterocycles. The van der Waals surface area contributed by atoms with Gasteiger partial charge in [0.1, 0.15) is 0 Å². The van der Waals surface area contributed by atoms with Crippen LogP contribution in [0.1, 0.15) is 60.3 Å². The van der Waals surface area contributed by atoms with Crippen LogP contribution in [0.25, 0.3) is 0 Å². The summed E-state index contributed by atoms with van der Waals surface area (Å²) >= 11 is 0. The van der Waals surface area contributed by atoms with Crippen molar-refractivity contribution in [1.29, 1.82) is 0 Å². The Morgan fingerprint density at radius 3 is 2.33 bits per heavy atom. The van der Waals surface area contributed by atoms with E-state index in [4.69, 9.17) is 4.74 Å². The Balaban J connectivity index is 3.86. The lowest BCUT2D eigenvalue weighted by atomic mass is 9.84. The molecule has 0 fully saturated rings. The summed E-state index contributed by atoms with van der Waals surface area (Å²) in [5.74, 6) is 0.482. The lowest BCUT2D eigenvalue weighted by Gasteiger charge is -2.24. The van der Waals surface area contributed by atoms with Gasteiger partial charge in [-0.1, -0.05) is 33.6 Å². The first-order chi connectivity index (χ1) is 6.90. The van der Waals surface area contributed by atoms with Crippen molar-refractivity contribution in [2.24, 2.45) is 11.3 Å².